The second kappa shape index (κ2) is 8.18. The molecule has 1 amide bonds. The Morgan fingerprint density at radius 1 is 1.22 bits per heavy atom. The number of halogens is 2. The van der Waals surface area contributed by atoms with Crippen LogP contribution in [0.3, 0.4) is 0 Å². The van der Waals surface area contributed by atoms with E-state index in [4.69, 9.17) is 23.2 Å². The van der Waals surface area contributed by atoms with Crippen LogP contribution in [0, 0.1) is 5.92 Å². The van der Waals surface area contributed by atoms with Gasteiger partial charge in [0.1, 0.15) is 5.69 Å². The van der Waals surface area contributed by atoms with Crippen molar-refractivity contribution in [2.45, 2.75) is 20.3 Å². The smallest absolute Gasteiger partial charge is 0.274 e. The monoisotopic (exact) mass is 351 g/mol. The highest BCUT2D eigenvalue weighted by Crippen LogP contribution is 2.25. The first-order chi connectivity index (χ1) is 11.0. The zero-order valence-corrected chi connectivity index (χ0v) is 14.6. The van der Waals surface area contributed by atoms with E-state index in [0.717, 1.165) is 18.7 Å². The minimum absolute atomic E-state index is 0.315. The van der Waals surface area contributed by atoms with E-state index in [2.05, 4.69) is 29.5 Å². The highest BCUT2D eigenvalue weighted by molar-refractivity contribution is 6.35. The van der Waals surface area contributed by atoms with Crippen LogP contribution in [0.1, 0.15) is 30.8 Å². The maximum atomic E-state index is 12.2. The molecule has 0 fully saturated rings. The van der Waals surface area contributed by atoms with Crippen molar-refractivity contribution in [3.05, 3.63) is 52.3 Å². The van der Waals surface area contributed by atoms with Crippen LogP contribution in [0.15, 0.2) is 36.5 Å². The number of pyridine rings is 1. The number of hydrogen-bond donors (Lipinski definition) is 2. The van der Waals surface area contributed by atoms with Gasteiger partial charge in [-0.15, -0.1) is 0 Å². The normalized spacial score (nSPS) is 10.7. The lowest BCUT2D eigenvalue weighted by atomic mass is 10.1. The van der Waals surface area contributed by atoms with Crippen molar-refractivity contribution in [3.63, 3.8) is 0 Å². The molecule has 0 aliphatic heterocycles. The molecule has 0 atom stereocenters. The summed E-state index contributed by atoms with van der Waals surface area (Å²) in [5.41, 5.74) is 1.67. The van der Waals surface area contributed by atoms with Gasteiger partial charge in [-0.2, -0.15) is 0 Å². The molecule has 1 aromatic carbocycles. The molecule has 23 heavy (non-hydrogen) atoms. The predicted octanol–water partition coefficient (Wildman–Crippen LogP) is 5.10. The fourth-order valence-corrected chi connectivity index (χ4v) is 2.25. The van der Waals surface area contributed by atoms with Gasteiger partial charge in [0, 0.05) is 11.6 Å². The third-order valence-corrected chi connectivity index (χ3v) is 3.79. The van der Waals surface area contributed by atoms with E-state index in [1.807, 2.05) is 6.07 Å². The number of nitrogens with one attached hydrogen (secondary N) is 2. The van der Waals surface area contributed by atoms with E-state index < -0.39 is 0 Å². The predicted molar refractivity (Wildman–Crippen MR) is 96.6 cm³/mol. The number of hydrogen-bond acceptors (Lipinski definition) is 3. The molecule has 0 aliphatic rings. The quantitative estimate of drug-likeness (QED) is 0.761. The Balaban J connectivity index is 1.98. The van der Waals surface area contributed by atoms with E-state index in [0.29, 0.717) is 27.3 Å². The molecular formula is C17H19Cl2N3O. The molecule has 122 valence electrons. The fourth-order valence-electron chi connectivity index (χ4n) is 1.92. The Morgan fingerprint density at radius 3 is 2.65 bits per heavy atom. The third kappa shape index (κ3) is 5.41. The summed E-state index contributed by atoms with van der Waals surface area (Å²) in [6.07, 6.45) is 2.73. The van der Waals surface area contributed by atoms with Gasteiger partial charge < -0.3 is 10.6 Å². The molecule has 2 aromatic rings. The van der Waals surface area contributed by atoms with Crippen LogP contribution in [0.25, 0.3) is 0 Å². The van der Waals surface area contributed by atoms with Gasteiger partial charge in [0.2, 0.25) is 0 Å². The van der Waals surface area contributed by atoms with Crippen LogP contribution < -0.4 is 10.6 Å². The van der Waals surface area contributed by atoms with Crippen LogP contribution in [-0.2, 0) is 0 Å². The van der Waals surface area contributed by atoms with Crippen LogP contribution >= 0.6 is 23.2 Å². The molecule has 1 heterocycles. The van der Waals surface area contributed by atoms with Crippen molar-refractivity contribution >= 4 is 40.5 Å². The standard InChI is InChI=1S/C17H19Cl2N3O/c1-11(2)7-8-20-13-4-6-15(21-10-13)17(23)22-16-9-12(18)3-5-14(16)19/h3-6,9-11,20H,7-8H2,1-2H3,(H,22,23). The second-order valence-electron chi connectivity index (χ2n) is 5.62. The number of carbonyl (C=O) groups is 1. The SMILES string of the molecule is CC(C)CCNc1ccc(C(=O)Nc2cc(Cl)ccc2Cl)nc1. The maximum absolute atomic E-state index is 12.2. The first kappa shape index (κ1) is 17.6. The average Bonchev–Trinajstić information content (AvgIpc) is 2.51. The minimum atomic E-state index is -0.331. The lowest BCUT2D eigenvalue weighted by Crippen LogP contribution is -2.14. The van der Waals surface area contributed by atoms with Crippen molar-refractivity contribution < 1.29 is 4.79 Å². The Labute approximate surface area is 146 Å². The number of carbonyl (C=O) groups excluding carboxylic acids is 1. The summed E-state index contributed by atoms with van der Waals surface area (Å²) in [5.74, 6) is 0.311. The third-order valence-electron chi connectivity index (χ3n) is 3.22. The summed E-state index contributed by atoms with van der Waals surface area (Å²) in [6.45, 7) is 5.23. The molecule has 0 aliphatic carbocycles. The molecule has 1 aromatic heterocycles. The zero-order chi connectivity index (χ0) is 16.8. The fraction of sp³-hybridized carbons (Fsp3) is 0.294. The molecule has 0 saturated carbocycles. The van der Waals surface area contributed by atoms with Gasteiger partial charge in [0.25, 0.3) is 5.91 Å². The van der Waals surface area contributed by atoms with Crippen molar-refractivity contribution in [3.8, 4) is 0 Å². The van der Waals surface area contributed by atoms with E-state index in [1.54, 1.807) is 30.5 Å². The van der Waals surface area contributed by atoms with Crippen molar-refractivity contribution in [2.75, 3.05) is 17.2 Å². The summed E-state index contributed by atoms with van der Waals surface area (Å²) in [4.78, 5) is 16.4. The highest BCUT2D eigenvalue weighted by atomic mass is 35.5. The van der Waals surface area contributed by atoms with Crippen molar-refractivity contribution in [2.24, 2.45) is 5.92 Å². The van der Waals surface area contributed by atoms with Gasteiger partial charge in [-0.05, 0) is 42.7 Å². The van der Waals surface area contributed by atoms with Crippen LogP contribution in [0.5, 0.6) is 0 Å². The van der Waals surface area contributed by atoms with Crippen LogP contribution in [0.2, 0.25) is 10.0 Å². The minimum Gasteiger partial charge on any atom is -0.384 e. The number of benzene rings is 1. The van der Waals surface area contributed by atoms with Gasteiger partial charge in [-0.25, -0.2) is 4.98 Å². The molecule has 2 rings (SSSR count). The number of amides is 1. The summed E-state index contributed by atoms with van der Waals surface area (Å²) in [5, 5.41) is 6.91. The zero-order valence-electron chi connectivity index (χ0n) is 13.1. The van der Waals surface area contributed by atoms with Crippen LogP contribution in [0.4, 0.5) is 11.4 Å². The molecule has 0 bridgehead atoms. The summed E-state index contributed by atoms with van der Waals surface area (Å²) >= 11 is 11.9. The summed E-state index contributed by atoms with van der Waals surface area (Å²) < 4.78 is 0. The molecule has 0 radical (unpaired) electrons. The van der Waals surface area contributed by atoms with E-state index in [1.165, 1.54) is 0 Å². The molecular weight excluding hydrogens is 333 g/mol. The van der Waals surface area contributed by atoms with E-state index >= 15 is 0 Å². The maximum Gasteiger partial charge on any atom is 0.274 e. The van der Waals surface area contributed by atoms with Gasteiger partial charge in [-0.3, -0.25) is 4.79 Å². The molecule has 0 unspecified atom stereocenters. The number of nitrogens with zero attached hydrogens (tertiary/aromatic N) is 1. The molecule has 0 saturated heterocycles. The van der Waals surface area contributed by atoms with Gasteiger partial charge in [0.15, 0.2) is 0 Å². The lowest BCUT2D eigenvalue weighted by molar-refractivity contribution is 0.102. The summed E-state index contributed by atoms with van der Waals surface area (Å²) in [6, 6.07) is 8.40. The van der Waals surface area contributed by atoms with Gasteiger partial charge in [0.05, 0.1) is 22.6 Å². The number of aromatic nitrogens is 1. The van der Waals surface area contributed by atoms with Gasteiger partial charge in [-0.1, -0.05) is 37.0 Å². The molecule has 0 spiro atoms. The Kier molecular flexibility index (Phi) is 6.25. The Morgan fingerprint density at radius 2 is 2.00 bits per heavy atom. The van der Waals surface area contributed by atoms with Crippen molar-refractivity contribution in [1.82, 2.24) is 4.98 Å². The second-order valence-corrected chi connectivity index (χ2v) is 6.46. The first-order valence-electron chi connectivity index (χ1n) is 7.42. The average molecular weight is 352 g/mol. The number of anilines is 2. The van der Waals surface area contributed by atoms with Crippen LogP contribution in [-0.4, -0.2) is 17.4 Å². The first-order valence-corrected chi connectivity index (χ1v) is 8.17. The lowest BCUT2D eigenvalue weighted by Gasteiger charge is -2.09. The Bertz CT molecular complexity index is 672. The largest absolute Gasteiger partial charge is 0.384 e. The Hall–Kier alpha value is -1.78. The number of rotatable bonds is 6. The van der Waals surface area contributed by atoms with Crippen molar-refractivity contribution in [1.29, 1.82) is 0 Å². The van der Waals surface area contributed by atoms with Gasteiger partial charge >= 0.3 is 0 Å². The topological polar surface area (TPSA) is 54.0 Å². The molecule has 2 N–H and O–H groups in total. The molecule has 4 nitrogen and oxygen atoms in total. The van der Waals surface area contributed by atoms with E-state index in [-0.39, 0.29) is 5.91 Å². The van der Waals surface area contributed by atoms with E-state index in [9.17, 15) is 4.79 Å². The highest BCUT2D eigenvalue weighted by Gasteiger charge is 2.10. The summed E-state index contributed by atoms with van der Waals surface area (Å²) in [7, 11) is 0. The molecule has 6 heteroatoms.